The SMILES string of the molecule is CC(C)(C)C(Cl)CCC1Cc2cc(F)ccc2O1. The minimum atomic E-state index is -0.192. The van der Waals surface area contributed by atoms with Crippen molar-refractivity contribution in [3.05, 3.63) is 29.6 Å². The lowest BCUT2D eigenvalue weighted by atomic mass is 9.88. The van der Waals surface area contributed by atoms with E-state index in [9.17, 15) is 4.39 Å². The van der Waals surface area contributed by atoms with Gasteiger partial charge in [-0.3, -0.25) is 0 Å². The molecule has 100 valence electrons. The minimum absolute atomic E-state index is 0.110. The molecular formula is C15H20ClFO. The van der Waals surface area contributed by atoms with E-state index in [0.717, 1.165) is 30.6 Å². The Balaban J connectivity index is 1.89. The van der Waals surface area contributed by atoms with Gasteiger partial charge in [0.2, 0.25) is 0 Å². The molecule has 1 aromatic carbocycles. The Morgan fingerprint density at radius 2 is 2.17 bits per heavy atom. The highest BCUT2D eigenvalue weighted by Gasteiger charge is 2.27. The monoisotopic (exact) mass is 270 g/mol. The van der Waals surface area contributed by atoms with Crippen molar-refractivity contribution in [2.45, 2.75) is 51.5 Å². The van der Waals surface area contributed by atoms with E-state index in [1.54, 1.807) is 12.1 Å². The summed E-state index contributed by atoms with van der Waals surface area (Å²) in [4.78, 5) is 0. The average molecular weight is 271 g/mol. The Morgan fingerprint density at radius 1 is 1.44 bits per heavy atom. The fourth-order valence-corrected chi connectivity index (χ4v) is 2.34. The Morgan fingerprint density at radius 3 is 2.83 bits per heavy atom. The Bertz CT molecular complexity index is 425. The summed E-state index contributed by atoms with van der Waals surface area (Å²) in [6, 6.07) is 4.73. The molecule has 0 aromatic heterocycles. The van der Waals surface area contributed by atoms with Gasteiger partial charge in [0.25, 0.3) is 0 Å². The zero-order chi connectivity index (χ0) is 13.3. The first kappa shape index (κ1) is 13.7. The summed E-state index contributed by atoms with van der Waals surface area (Å²) >= 11 is 6.36. The van der Waals surface area contributed by atoms with Crippen molar-refractivity contribution in [1.29, 1.82) is 0 Å². The van der Waals surface area contributed by atoms with Crippen molar-refractivity contribution in [1.82, 2.24) is 0 Å². The summed E-state index contributed by atoms with van der Waals surface area (Å²) in [6.45, 7) is 6.43. The molecule has 1 heterocycles. The molecule has 0 radical (unpaired) electrons. The molecule has 0 N–H and O–H groups in total. The van der Waals surface area contributed by atoms with Gasteiger partial charge in [0, 0.05) is 17.4 Å². The maximum atomic E-state index is 13.1. The standard InChI is InChI=1S/C15H20ClFO/c1-15(2,3)14(16)7-5-12-9-10-8-11(17)4-6-13(10)18-12/h4,6,8,12,14H,5,7,9H2,1-3H3. The highest BCUT2D eigenvalue weighted by atomic mass is 35.5. The van der Waals surface area contributed by atoms with Gasteiger partial charge in [-0.15, -0.1) is 11.6 Å². The second kappa shape index (κ2) is 5.08. The molecule has 1 aliphatic heterocycles. The third-order valence-electron chi connectivity index (χ3n) is 3.45. The van der Waals surface area contributed by atoms with E-state index < -0.39 is 0 Å². The molecule has 0 amide bonds. The first-order chi connectivity index (χ1) is 8.36. The molecular weight excluding hydrogens is 251 g/mol. The van der Waals surface area contributed by atoms with Crippen molar-refractivity contribution in [2.75, 3.05) is 0 Å². The molecule has 0 bridgehead atoms. The number of ether oxygens (including phenoxy) is 1. The molecule has 0 spiro atoms. The van der Waals surface area contributed by atoms with E-state index in [4.69, 9.17) is 16.3 Å². The number of hydrogen-bond acceptors (Lipinski definition) is 1. The maximum absolute atomic E-state index is 13.1. The van der Waals surface area contributed by atoms with Gasteiger partial charge < -0.3 is 4.74 Å². The van der Waals surface area contributed by atoms with Gasteiger partial charge in [-0.2, -0.15) is 0 Å². The lowest BCUT2D eigenvalue weighted by Crippen LogP contribution is -2.23. The van der Waals surface area contributed by atoms with E-state index in [1.807, 2.05) is 0 Å². The van der Waals surface area contributed by atoms with Crippen molar-refractivity contribution in [3.63, 3.8) is 0 Å². The predicted molar refractivity (Wildman–Crippen MR) is 72.9 cm³/mol. The first-order valence-corrected chi connectivity index (χ1v) is 6.89. The summed E-state index contributed by atoms with van der Waals surface area (Å²) in [5.41, 5.74) is 1.08. The summed E-state index contributed by atoms with van der Waals surface area (Å²) < 4.78 is 18.9. The van der Waals surface area contributed by atoms with Crippen molar-refractivity contribution in [2.24, 2.45) is 5.41 Å². The van der Waals surface area contributed by atoms with Crippen LogP contribution in [0.1, 0.15) is 39.2 Å². The normalized spacial score (nSPS) is 20.4. The van der Waals surface area contributed by atoms with Gasteiger partial charge in [0.15, 0.2) is 0 Å². The molecule has 1 aromatic rings. The molecule has 2 rings (SSSR count). The van der Waals surface area contributed by atoms with E-state index in [2.05, 4.69) is 20.8 Å². The Hall–Kier alpha value is -0.760. The van der Waals surface area contributed by atoms with Crippen molar-refractivity contribution in [3.8, 4) is 5.75 Å². The molecule has 0 aliphatic carbocycles. The van der Waals surface area contributed by atoms with Crippen LogP contribution in [0.2, 0.25) is 0 Å². The van der Waals surface area contributed by atoms with Crippen LogP contribution in [0, 0.1) is 11.2 Å². The summed E-state index contributed by atoms with van der Waals surface area (Å²) in [6.07, 6.45) is 2.78. The molecule has 2 unspecified atom stereocenters. The number of fused-ring (bicyclic) bond motifs is 1. The highest BCUT2D eigenvalue weighted by molar-refractivity contribution is 6.21. The number of hydrogen-bond donors (Lipinski definition) is 0. The van der Waals surface area contributed by atoms with E-state index in [1.165, 1.54) is 6.07 Å². The lowest BCUT2D eigenvalue weighted by Gasteiger charge is -2.25. The van der Waals surface area contributed by atoms with E-state index in [0.29, 0.717) is 0 Å². The largest absolute Gasteiger partial charge is 0.490 e. The second-order valence-electron chi connectivity index (χ2n) is 6.11. The Kier molecular flexibility index (Phi) is 3.86. The van der Waals surface area contributed by atoms with Crippen LogP contribution in [0.3, 0.4) is 0 Å². The van der Waals surface area contributed by atoms with Crippen LogP contribution in [0.4, 0.5) is 4.39 Å². The molecule has 0 fully saturated rings. The molecule has 1 nitrogen and oxygen atoms in total. The van der Waals surface area contributed by atoms with Crippen LogP contribution >= 0.6 is 11.6 Å². The molecule has 18 heavy (non-hydrogen) atoms. The zero-order valence-corrected chi connectivity index (χ0v) is 11.9. The average Bonchev–Trinajstić information content (AvgIpc) is 2.66. The Labute approximate surface area is 113 Å². The number of benzene rings is 1. The lowest BCUT2D eigenvalue weighted by molar-refractivity contribution is 0.209. The third-order valence-corrected chi connectivity index (χ3v) is 4.32. The smallest absolute Gasteiger partial charge is 0.123 e. The number of halogens is 2. The van der Waals surface area contributed by atoms with E-state index in [-0.39, 0.29) is 22.7 Å². The van der Waals surface area contributed by atoms with Gasteiger partial charge in [-0.1, -0.05) is 20.8 Å². The van der Waals surface area contributed by atoms with Crippen LogP contribution in [-0.2, 0) is 6.42 Å². The predicted octanol–water partition coefficient (Wildman–Crippen LogP) is 4.56. The summed E-state index contributed by atoms with van der Waals surface area (Å²) in [7, 11) is 0. The van der Waals surface area contributed by atoms with Gasteiger partial charge in [0.1, 0.15) is 17.7 Å². The number of alkyl halides is 1. The summed E-state index contributed by atoms with van der Waals surface area (Å²) in [5.74, 6) is 0.631. The molecule has 1 aliphatic rings. The zero-order valence-electron chi connectivity index (χ0n) is 11.2. The quantitative estimate of drug-likeness (QED) is 0.732. The van der Waals surface area contributed by atoms with Crippen LogP contribution in [0.15, 0.2) is 18.2 Å². The van der Waals surface area contributed by atoms with Gasteiger partial charge >= 0.3 is 0 Å². The minimum Gasteiger partial charge on any atom is -0.490 e. The molecule has 2 atom stereocenters. The topological polar surface area (TPSA) is 9.23 Å². The van der Waals surface area contributed by atoms with Crippen molar-refractivity contribution < 1.29 is 9.13 Å². The first-order valence-electron chi connectivity index (χ1n) is 6.45. The van der Waals surface area contributed by atoms with Crippen molar-refractivity contribution >= 4 is 11.6 Å². The second-order valence-corrected chi connectivity index (χ2v) is 6.63. The van der Waals surface area contributed by atoms with Gasteiger partial charge in [-0.05, 0) is 36.5 Å². The fraction of sp³-hybridized carbons (Fsp3) is 0.600. The van der Waals surface area contributed by atoms with Crippen LogP contribution in [0.25, 0.3) is 0 Å². The van der Waals surface area contributed by atoms with Crippen LogP contribution in [0.5, 0.6) is 5.75 Å². The maximum Gasteiger partial charge on any atom is 0.123 e. The summed E-state index contributed by atoms with van der Waals surface area (Å²) in [5, 5.41) is 0.140. The van der Waals surface area contributed by atoms with Gasteiger partial charge in [0.05, 0.1) is 0 Å². The fourth-order valence-electron chi connectivity index (χ4n) is 2.22. The van der Waals surface area contributed by atoms with Gasteiger partial charge in [-0.25, -0.2) is 4.39 Å². The van der Waals surface area contributed by atoms with Crippen LogP contribution < -0.4 is 4.74 Å². The third kappa shape index (κ3) is 3.17. The highest BCUT2D eigenvalue weighted by Crippen LogP contribution is 2.33. The molecule has 0 saturated carbocycles. The van der Waals surface area contributed by atoms with E-state index >= 15 is 0 Å². The number of rotatable bonds is 3. The van der Waals surface area contributed by atoms with Crippen LogP contribution in [-0.4, -0.2) is 11.5 Å². The molecule has 0 saturated heterocycles. The molecule has 3 heteroatoms.